The van der Waals surface area contributed by atoms with Gasteiger partial charge in [-0.1, -0.05) is 29.8 Å². The summed E-state index contributed by atoms with van der Waals surface area (Å²) < 4.78 is 57.3. The average molecular weight is 537 g/mol. The van der Waals surface area contributed by atoms with E-state index in [1.54, 1.807) is 47.9 Å². The second-order valence-electron chi connectivity index (χ2n) is 8.71. The van der Waals surface area contributed by atoms with Crippen LogP contribution in [0.3, 0.4) is 0 Å². The highest BCUT2D eigenvalue weighted by molar-refractivity contribution is 7.92. The van der Waals surface area contributed by atoms with Crippen LogP contribution in [0.5, 0.6) is 0 Å². The van der Waals surface area contributed by atoms with E-state index in [0.29, 0.717) is 16.9 Å². The minimum absolute atomic E-state index is 0.00990. The minimum Gasteiger partial charge on any atom is -0.315 e. The van der Waals surface area contributed by atoms with Gasteiger partial charge in [0.15, 0.2) is 0 Å². The number of hydrogen-bond donors (Lipinski definition) is 1. The summed E-state index contributed by atoms with van der Waals surface area (Å²) in [5, 5.41) is 3.99. The van der Waals surface area contributed by atoms with Crippen molar-refractivity contribution in [3.63, 3.8) is 0 Å². The highest BCUT2D eigenvalue weighted by atomic mass is 32.2. The van der Waals surface area contributed by atoms with Gasteiger partial charge in [0.1, 0.15) is 18.2 Å². The second-order valence-corrected chi connectivity index (χ2v) is 10.6. The van der Waals surface area contributed by atoms with Crippen molar-refractivity contribution in [3.05, 3.63) is 113 Å². The lowest BCUT2D eigenvalue weighted by Crippen LogP contribution is -2.39. The fraction of sp³-hybridized carbons (Fsp3) is 0.143. The van der Waals surface area contributed by atoms with Crippen molar-refractivity contribution in [1.29, 1.82) is 0 Å². The van der Waals surface area contributed by atoms with Gasteiger partial charge in [-0.05, 0) is 75.4 Å². The van der Waals surface area contributed by atoms with Crippen LogP contribution in [-0.4, -0.2) is 31.7 Å². The third-order valence-corrected chi connectivity index (χ3v) is 7.76. The Morgan fingerprint density at radius 2 is 1.63 bits per heavy atom. The number of nitrogens with zero attached hydrogens (tertiary/aromatic N) is 3. The number of carbonyl (C=O) groups excluding carboxylic acids is 1. The molecule has 10 heteroatoms. The maximum Gasteiger partial charge on any atom is 0.264 e. The summed E-state index contributed by atoms with van der Waals surface area (Å²) in [6.07, 6.45) is 1.41. The zero-order valence-corrected chi connectivity index (χ0v) is 21.8. The standard InChI is InChI=1S/C28H26F2N4O3S/c1-19-8-14-25(15-9-19)38(36,37)33(24-12-10-23(29)11-13-24)18-28(35)32-31-17-22-16-20(2)34(21(22)3)27-7-5-4-6-26(27)30/h4-17H,18H2,1-3H3,(H,32,35)/b31-17-. The van der Waals surface area contributed by atoms with E-state index in [0.717, 1.165) is 27.7 Å². The van der Waals surface area contributed by atoms with Crippen molar-refractivity contribution >= 4 is 27.8 Å². The zero-order valence-electron chi connectivity index (χ0n) is 21.0. The largest absolute Gasteiger partial charge is 0.315 e. The summed E-state index contributed by atoms with van der Waals surface area (Å²) in [6.45, 7) is 4.86. The number of rotatable bonds is 8. The number of sulfonamides is 1. The normalized spacial score (nSPS) is 11.6. The molecule has 196 valence electrons. The molecule has 4 rings (SSSR count). The number of nitrogens with one attached hydrogen (secondary N) is 1. The first-order valence-electron chi connectivity index (χ1n) is 11.7. The topological polar surface area (TPSA) is 83.8 Å². The summed E-state index contributed by atoms with van der Waals surface area (Å²) in [5.74, 6) is -1.62. The summed E-state index contributed by atoms with van der Waals surface area (Å²) >= 11 is 0. The molecule has 1 aromatic heterocycles. The maximum atomic E-state index is 14.3. The summed E-state index contributed by atoms with van der Waals surface area (Å²) in [4.78, 5) is 12.8. The highest BCUT2D eigenvalue weighted by Gasteiger charge is 2.27. The Kier molecular flexibility index (Phi) is 7.72. The molecule has 1 heterocycles. The van der Waals surface area contributed by atoms with Gasteiger partial charge >= 0.3 is 0 Å². The van der Waals surface area contributed by atoms with Gasteiger partial charge < -0.3 is 4.57 Å². The number of hydrogen-bond acceptors (Lipinski definition) is 4. The van der Waals surface area contributed by atoms with Gasteiger partial charge in [0.05, 0.1) is 22.5 Å². The Balaban J connectivity index is 1.56. The Morgan fingerprint density at radius 3 is 2.29 bits per heavy atom. The number of aryl methyl sites for hydroxylation is 2. The van der Waals surface area contributed by atoms with Crippen molar-refractivity contribution in [2.24, 2.45) is 5.10 Å². The van der Waals surface area contributed by atoms with E-state index >= 15 is 0 Å². The molecule has 0 radical (unpaired) electrons. The van der Waals surface area contributed by atoms with E-state index in [9.17, 15) is 22.0 Å². The Bertz CT molecular complexity index is 1600. The number of anilines is 1. The van der Waals surface area contributed by atoms with Crippen LogP contribution in [0, 0.1) is 32.4 Å². The van der Waals surface area contributed by atoms with Crippen LogP contribution < -0.4 is 9.73 Å². The van der Waals surface area contributed by atoms with E-state index in [1.165, 1.54) is 36.5 Å². The van der Waals surface area contributed by atoms with Crippen molar-refractivity contribution in [1.82, 2.24) is 9.99 Å². The minimum atomic E-state index is -4.14. The van der Waals surface area contributed by atoms with Gasteiger partial charge in [0, 0.05) is 17.0 Å². The predicted octanol–water partition coefficient (Wildman–Crippen LogP) is 5.03. The summed E-state index contributed by atoms with van der Waals surface area (Å²) in [7, 11) is -4.14. The number of aromatic nitrogens is 1. The van der Waals surface area contributed by atoms with Gasteiger partial charge in [-0.2, -0.15) is 5.10 Å². The lowest BCUT2D eigenvalue weighted by molar-refractivity contribution is -0.119. The van der Waals surface area contributed by atoms with E-state index < -0.39 is 28.3 Å². The third kappa shape index (κ3) is 5.65. The van der Waals surface area contributed by atoms with E-state index in [1.807, 2.05) is 13.8 Å². The first-order valence-corrected chi connectivity index (χ1v) is 13.1. The molecule has 4 aromatic rings. The van der Waals surface area contributed by atoms with Crippen LogP contribution in [0.2, 0.25) is 0 Å². The molecule has 3 aromatic carbocycles. The molecular formula is C28H26F2N4O3S. The van der Waals surface area contributed by atoms with E-state index in [2.05, 4.69) is 10.5 Å². The summed E-state index contributed by atoms with van der Waals surface area (Å²) in [5.41, 5.74) is 5.87. The Morgan fingerprint density at radius 1 is 0.974 bits per heavy atom. The van der Waals surface area contributed by atoms with Crippen LogP contribution in [0.25, 0.3) is 5.69 Å². The summed E-state index contributed by atoms with van der Waals surface area (Å²) in [6, 6.07) is 19.2. The molecule has 0 unspecified atom stereocenters. The smallest absolute Gasteiger partial charge is 0.264 e. The molecule has 0 saturated carbocycles. The molecular weight excluding hydrogens is 510 g/mol. The Labute approximate surface area is 220 Å². The van der Waals surface area contributed by atoms with E-state index in [4.69, 9.17) is 0 Å². The SMILES string of the molecule is Cc1ccc(S(=O)(=O)N(CC(=O)N/N=C\c2cc(C)n(-c3ccccc3F)c2C)c2ccc(F)cc2)cc1. The molecule has 38 heavy (non-hydrogen) atoms. The van der Waals surface area contributed by atoms with Gasteiger partial charge in [-0.15, -0.1) is 0 Å². The van der Waals surface area contributed by atoms with Gasteiger partial charge in [0.25, 0.3) is 15.9 Å². The lowest BCUT2D eigenvalue weighted by Gasteiger charge is -2.23. The molecule has 0 aliphatic carbocycles. The van der Waals surface area contributed by atoms with Gasteiger partial charge in [-0.3, -0.25) is 9.10 Å². The number of amides is 1. The highest BCUT2D eigenvalue weighted by Crippen LogP contribution is 2.25. The van der Waals surface area contributed by atoms with Crippen LogP contribution in [0.15, 0.2) is 88.9 Å². The van der Waals surface area contributed by atoms with Gasteiger partial charge in [0.2, 0.25) is 0 Å². The number of para-hydroxylation sites is 1. The van der Waals surface area contributed by atoms with Crippen molar-refractivity contribution in [2.75, 3.05) is 10.8 Å². The molecule has 0 aliphatic rings. The van der Waals surface area contributed by atoms with Gasteiger partial charge in [-0.25, -0.2) is 22.6 Å². The van der Waals surface area contributed by atoms with Crippen LogP contribution >= 0.6 is 0 Å². The molecule has 0 atom stereocenters. The number of halogens is 2. The molecule has 1 amide bonds. The molecule has 0 bridgehead atoms. The molecule has 0 aliphatic heterocycles. The molecule has 1 N–H and O–H groups in total. The lowest BCUT2D eigenvalue weighted by atomic mass is 10.2. The van der Waals surface area contributed by atoms with Crippen molar-refractivity contribution in [2.45, 2.75) is 25.7 Å². The van der Waals surface area contributed by atoms with Crippen LogP contribution in [0.1, 0.15) is 22.5 Å². The number of benzene rings is 3. The monoisotopic (exact) mass is 536 g/mol. The Hall–Kier alpha value is -4.31. The third-order valence-electron chi connectivity index (χ3n) is 5.97. The maximum absolute atomic E-state index is 14.3. The molecule has 0 fully saturated rings. The second kappa shape index (κ2) is 11.0. The molecule has 0 saturated heterocycles. The van der Waals surface area contributed by atoms with Crippen LogP contribution in [-0.2, 0) is 14.8 Å². The first kappa shape index (κ1) is 26.7. The fourth-order valence-corrected chi connectivity index (χ4v) is 5.44. The number of hydrazone groups is 1. The zero-order chi connectivity index (χ0) is 27.4. The fourth-order valence-electron chi connectivity index (χ4n) is 4.02. The van der Waals surface area contributed by atoms with Crippen molar-refractivity contribution < 1.29 is 22.0 Å². The van der Waals surface area contributed by atoms with Crippen LogP contribution in [0.4, 0.5) is 14.5 Å². The average Bonchev–Trinajstić information content (AvgIpc) is 3.16. The molecule has 7 nitrogen and oxygen atoms in total. The molecule has 0 spiro atoms. The van der Waals surface area contributed by atoms with E-state index in [-0.39, 0.29) is 16.4 Å². The number of carbonyl (C=O) groups is 1. The predicted molar refractivity (Wildman–Crippen MR) is 143 cm³/mol. The first-order chi connectivity index (χ1) is 18.1. The quantitative estimate of drug-likeness (QED) is 0.253. The van der Waals surface area contributed by atoms with Crippen molar-refractivity contribution in [3.8, 4) is 5.69 Å².